The Bertz CT molecular complexity index is 1030. The van der Waals surface area contributed by atoms with Gasteiger partial charge in [-0.3, -0.25) is 29.3 Å². The lowest BCUT2D eigenvalue weighted by atomic mass is 9.71. The molecule has 0 aromatic rings. The van der Waals surface area contributed by atoms with Crippen LogP contribution in [0.4, 0.5) is 0 Å². The summed E-state index contributed by atoms with van der Waals surface area (Å²) >= 11 is 1.44. The van der Waals surface area contributed by atoms with E-state index in [4.69, 9.17) is 9.84 Å². The Kier molecular flexibility index (Phi) is 11.0. The van der Waals surface area contributed by atoms with Gasteiger partial charge in [0.25, 0.3) is 0 Å². The molecule has 2 amide bonds. The zero-order valence-corrected chi connectivity index (χ0v) is 23.1. The van der Waals surface area contributed by atoms with E-state index in [0.717, 1.165) is 31.3 Å². The van der Waals surface area contributed by atoms with E-state index in [1.807, 2.05) is 19.1 Å². The van der Waals surface area contributed by atoms with Crippen LogP contribution in [0.5, 0.6) is 0 Å². The molecule has 216 valence electrons. The van der Waals surface area contributed by atoms with E-state index < -0.39 is 47.1 Å². The summed E-state index contributed by atoms with van der Waals surface area (Å²) in [5.74, 6) is -3.10. The number of nitrogens with one attached hydrogen (secondary N) is 4. The van der Waals surface area contributed by atoms with Crippen LogP contribution in [0.1, 0.15) is 51.9 Å². The molecule has 0 aromatic carbocycles. The van der Waals surface area contributed by atoms with Gasteiger partial charge in [0.1, 0.15) is 30.3 Å². The van der Waals surface area contributed by atoms with Crippen molar-refractivity contribution in [1.82, 2.24) is 21.3 Å². The Morgan fingerprint density at radius 2 is 2.00 bits per heavy atom. The molecule has 13 heteroatoms. The van der Waals surface area contributed by atoms with Gasteiger partial charge in [0.2, 0.25) is 11.8 Å². The first-order valence-electron chi connectivity index (χ1n) is 13.3. The Hall–Kier alpha value is -2.90. The molecule has 0 saturated heterocycles. The minimum absolute atomic E-state index is 0.00171. The van der Waals surface area contributed by atoms with Crippen molar-refractivity contribution < 1.29 is 38.9 Å². The maximum atomic E-state index is 12.9. The number of carboxylic acids is 2. The molecular weight excluding hydrogens is 528 g/mol. The van der Waals surface area contributed by atoms with Crippen LogP contribution in [0.3, 0.4) is 0 Å². The van der Waals surface area contributed by atoms with E-state index in [0.29, 0.717) is 12.2 Å². The van der Waals surface area contributed by atoms with Gasteiger partial charge in [0, 0.05) is 18.8 Å². The number of ether oxygens (including phenoxy) is 1. The SMILES string of the molecule is CCCC1(SCC(NC(=O)CCC(NCNC)C(=O)O)C(=O)NCC(=O)O)CCC2CC=CC3C(=O)OC1=C23. The summed E-state index contributed by atoms with van der Waals surface area (Å²) in [7, 11) is 1.66. The van der Waals surface area contributed by atoms with E-state index in [-0.39, 0.29) is 43.1 Å². The van der Waals surface area contributed by atoms with Crippen LogP contribution in [0.15, 0.2) is 23.5 Å². The summed E-state index contributed by atoms with van der Waals surface area (Å²) < 4.78 is 5.31. The van der Waals surface area contributed by atoms with Gasteiger partial charge in [0.05, 0.1) is 4.75 Å². The number of thioether (sulfide) groups is 1. The molecule has 39 heavy (non-hydrogen) atoms. The highest BCUT2D eigenvalue weighted by atomic mass is 32.2. The Labute approximate surface area is 231 Å². The lowest BCUT2D eigenvalue weighted by Gasteiger charge is -2.41. The molecule has 0 spiro atoms. The average molecular weight is 567 g/mol. The van der Waals surface area contributed by atoms with Crippen LogP contribution in [-0.2, 0) is 28.7 Å². The second kappa shape index (κ2) is 13.9. The van der Waals surface area contributed by atoms with Gasteiger partial charge in [-0.1, -0.05) is 25.5 Å². The molecule has 0 fully saturated rings. The second-order valence-corrected chi connectivity index (χ2v) is 11.4. The molecule has 12 nitrogen and oxygen atoms in total. The molecule has 3 rings (SSSR count). The maximum absolute atomic E-state index is 12.9. The molecule has 2 aliphatic carbocycles. The molecule has 1 heterocycles. The topological polar surface area (TPSA) is 183 Å². The van der Waals surface area contributed by atoms with Crippen molar-refractivity contribution in [3.63, 3.8) is 0 Å². The number of hydrogen-bond acceptors (Lipinski definition) is 9. The summed E-state index contributed by atoms with van der Waals surface area (Å²) in [5, 5.41) is 28.9. The van der Waals surface area contributed by atoms with Crippen molar-refractivity contribution >= 4 is 41.5 Å². The molecule has 0 radical (unpaired) electrons. The molecule has 0 bridgehead atoms. The van der Waals surface area contributed by atoms with E-state index in [9.17, 15) is 29.1 Å². The first-order chi connectivity index (χ1) is 18.6. The molecule has 5 unspecified atom stereocenters. The first kappa shape index (κ1) is 30.6. The number of carbonyl (C=O) groups excluding carboxylic acids is 3. The van der Waals surface area contributed by atoms with E-state index in [2.05, 4.69) is 21.3 Å². The van der Waals surface area contributed by atoms with Crippen LogP contribution in [0.2, 0.25) is 0 Å². The third-order valence-electron chi connectivity index (χ3n) is 7.28. The zero-order chi connectivity index (χ0) is 28.6. The van der Waals surface area contributed by atoms with Crippen molar-refractivity contribution in [2.45, 2.75) is 68.7 Å². The predicted molar refractivity (Wildman–Crippen MR) is 143 cm³/mol. The molecule has 5 atom stereocenters. The van der Waals surface area contributed by atoms with Gasteiger partial charge in [-0.05, 0) is 50.6 Å². The molecule has 3 aliphatic rings. The number of allylic oxidation sites excluding steroid dienone is 1. The monoisotopic (exact) mass is 566 g/mol. The van der Waals surface area contributed by atoms with Crippen molar-refractivity contribution in [3.8, 4) is 0 Å². The van der Waals surface area contributed by atoms with Gasteiger partial charge < -0.3 is 30.9 Å². The van der Waals surface area contributed by atoms with Gasteiger partial charge in [-0.25, -0.2) is 0 Å². The van der Waals surface area contributed by atoms with Gasteiger partial charge in [-0.2, -0.15) is 0 Å². The van der Waals surface area contributed by atoms with Crippen LogP contribution in [0, 0.1) is 11.8 Å². The zero-order valence-electron chi connectivity index (χ0n) is 22.3. The lowest BCUT2D eigenvalue weighted by molar-refractivity contribution is -0.140. The third kappa shape index (κ3) is 7.61. The van der Waals surface area contributed by atoms with Crippen molar-refractivity contribution in [3.05, 3.63) is 23.5 Å². The Morgan fingerprint density at radius 3 is 2.67 bits per heavy atom. The number of esters is 1. The van der Waals surface area contributed by atoms with Crippen LogP contribution < -0.4 is 21.3 Å². The smallest absolute Gasteiger partial charge is 0.322 e. The second-order valence-electron chi connectivity index (χ2n) is 10.0. The number of hydrogen-bond donors (Lipinski definition) is 6. The van der Waals surface area contributed by atoms with E-state index in [1.165, 1.54) is 11.8 Å². The summed E-state index contributed by atoms with van der Waals surface area (Å²) in [4.78, 5) is 60.9. The van der Waals surface area contributed by atoms with Gasteiger partial charge in [-0.15, -0.1) is 11.8 Å². The molecule has 0 aromatic heterocycles. The van der Waals surface area contributed by atoms with E-state index in [1.54, 1.807) is 7.05 Å². The molecule has 1 aliphatic heterocycles. The lowest BCUT2D eigenvalue weighted by Crippen LogP contribution is -2.50. The normalized spacial score (nSPS) is 24.9. The van der Waals surface area contributed by atoms with Crippen LogP contribution in [0.25, 0.3) is 0 Å². The Morgan fingerprint density at radius 1 is 1.23 bits per heavy atom. The Balaban J connectivity index is 1.75. The maximum Gasteiger partial charge on any atom is 0.322 e. The highest BCUT2D eigenvalue weighted by Crippen LogP contribution is 2.55. The fourth-order valence-electron chi connectivity index (χ4n) is 5.41. The summed E-state index contributed by atoms with van der Waals surface area (Å²) in [6.45, 7) is 1.68. The minimum Gasteiger partial charge on any atom is -0.480 e. The van der Waals surface area contributed by atoms with Crippen LogP contribution in [-0.4, -0.2) is 82.8 Å². The van der Waals surface area contributed by atoms with Gasteiger partial charge in [0.15, 0.2) is 0 Å². The van der Waals surface area contributed by atoms with Crippen LogP contribution >= 0.6 is 11.8 Å². The fraction of sp³-hybridized carbons (Fsp3) is 0.654. The third-order valence-corrected chi connectivity index (χ3v) is 8.93. The number of aliphatic carboxylic acids is 2. The summed E-state index contributed by atoms with van der Waals surface area (Å²) in [5.41, 5.74) is 1.03. The number of amides is 2. The molecular formula is C26H38N4O8S. The standard InChI is InChI=1S/C26H38N4O8S/c1-3-10-26(11-9-15-5-4-6-16-21(15)22(26)38-25(16)37)39-13-18(23(34)28-12-20(32)33)30-19(31)8-7-17(24(35)36)29-14-27-2/h4,6,15-18,27,29H,3,5,7-14H2,1-2H3,(H,28,34)(H,30,31)(H,32,33)(H,35,36). The summed E-state index contributed by atoms with van der Waals surface area (Å²) in [6, 6.07) is -2.02. The minimum atomic E-state index is -1.22. The highest BCUT2D eigenvalue weighted by Gasteiger charge is 2.52. The molecule has 0 saturated carbocycles. The summed E-state index contributed by atoms with van der Waals surface area (Å²) in [6.07, 6.45) is 7.78. The number of rotatable bonds is 16. The average Bonchev–Trinajstić information content (AvgIpc) is 3.25. The first-order valence-corrected chi connectivity index (χ1v) is 14.3. The quantitative estimate of drug-likeness (QED) is 0.0880. The number of carboxylic acid groups (broad SMARTS) is 2. The van der Waals surface area contributed by atoms with Crippen molar-refractivity contribution in [2.24, 2.45) is 11.8 Å². The predicted octanol–water partition coefficient (Wildman–Crippen LogP) is 0.741. The largest absolute Gasteiger partial charge is 0.480 e. The van der Waals surface area contributed by atoms with Gasteiger partial charge >= 0.3 is 17.9 Å². The van der Waals surface area contributed by atoms with Crippen molar-refractivity contribution in [2.75, 3.05) is 26.0 Å². The van der Waals surface area contributed by atoms with E-state index >= 15 is 0 Å². The fourth-order valence-corrected chi connectivity index (χ4v) is 7.03. The number of carbonyl (C=O) groups is 5. The highest BCUT2D eigenvalue weighted by molar-refractivity contribution is 8.00. The van der Waals surface area contributed by atoms with Crippen molar-refractivity contribution in [1.29, 1.82) is 0 Å². The molecule has 6 N–H and O–H groups in total.